The smallest absolute Gasteiger partial charge is 0.338 e. The van der Waals surface area contributed by atoms with E-state index in [1.165, 1.54) is 0 Å². The fourth-order valence-corrected chi connectivity index (χ4v) is 2.38. The molecule has 1 amide bonds. The molecule has 0 saturated heterocycles. The van der Waals surface area contributed by atoms with Crippen LogP contribution >= 0.6 is 0 Å². The summed E-state index contributed by atoms with van der Waals surface area (Å²) in [4.78, 5) is 24.3. The van der Waals surface area contributed by atoms with Crippen LogP contribution in [0.4, 0.5) is 5.69 Å². The highest BCUT2D eigenvalue weighted by Crippen LogP contribution is 2.25. The number of esters is 1. The van der Waals surface area contributed by atoms with E-state index in [0.717, 1.165) is 12.0 Å². The molecule has 6 heteroatoms. The first-order chi connectivity index (χ1) is 12.6. The van der Waals surface area contributed by atoms with E-state index in [9.17, 15) is 9.59 Å². The van der Waals surface area contributed by atoms with Crippen LogP contribution in [-0.4, -0.2) is 32.7 Å². The number of ether oxygens (including phenoxy) is 3. The minimum absolute atomic E-state index is 0.137. The van der Waals surface area contributed by atoms with Gasteiger partial charge in [0.05, 0.1) is 32.8 Å². The maximum absolute atomic E-state index is 12.3. The van der Waals surface area contributed by atoms with E-state index in [1.807, 2.05) is 6.92 Å². The Hall–Kier alpha value is -3.02. The van der Waals surface area contributed by atoms with Crippen LogP contribution in [0.25, 0.3) is 0 Å². The maximum atomic E-state index is 12.3. The molecule has 0 aliphatic heterocycles. The van der Waals surface area contributed by atoms with Crippen molar-refractivity contribution in [3.63, 3.8) is 0 Å². The lowest BCUT2D eigenvalue weighted by molar-refractivity contribution is -0.115. The highest BCUT2D eigenvalue weighted by molar-refractivity contribution is 5.95. The number of carbonyl (C=O) groups excluding carboxylic acids is 2. The van der Waals surface area contributed by atoms with Crippen LogP contribution in [0, 0.1) is 0 Å². The Kier molecular flexibility index (Phi) is 7.02. The Morgan fingerprint density at radius 3 is 2.54 bits per heavy atom. The molecule has 138 valence electrons. The molecule has 0 aliphatic carbocycles. The van der Waals surface area contributed by atoms with E-state index in [1.54, 1.807) is 56.7 Å². The van der Waals surface area contributed by atoms with Crippen LogP contribution in [0.15, 0.2) is 42.5 Å². The van der Waals surface area contributed by atoms with Crippen LogP contribution in [0.5, 0.6) is 11.5 Å². The Bertz CT molecular complexity index is 773. The van der Waals surface area contributed by atoms with Gasteiger partial charge >= 0.3 is 5.97 Å². The second-order valence-corrected chi connectivity index (χ2v) is 5.62. The molecule has 0 radical (unpaired) electrons. The van der Waals surface area contributed by atoms with Gasteiger partial charge in [0, 0.05) is 17.3 Å². The number of hydrogen-bond donors (Lipinski definition) is 1. The van der Waals surface area contributed by atoms with Crippen LogP contribution in [0.2, 0.25) is 0 Å². The van der Waals surface area contributed by atoms with Gasteiger partial charge in [-0.2, -0.15) is 0 Å². The van der Waals surface area contributed by atoms with Crippen molar-refractivity contribution in [2.75, 3.05) is 26.1 Å². The zero-order valence-corrected chi connectivity index (χ0v) is 15.2. The Balaban J connectivity index is 2.05. The fraction of sp³-hybridized carbons (Fsp3) is 0.300. The number of carbonyl (C=O) groups is 2. The van der Waals surface area contributed by atoms with Gasteiger partial charge in [-0.15, -0.1) is 0 Å². The summed E-state index contributed by atoms with van der Waals surface area (Å²) in [6, 6.07) is 12.0. The third kappa shape index (κ3) is 5.24. The monoisotopic (exact) mass is 357 g/mol. The molecular formula is C20H23NO5. The molecular weight excluding hydrogens is 334 g/mol. The van der Waals surface area contributed by atoms with Crippen LogP contribution in [-0.2, 0) is 16.0 Å². The molecule has 26 heavy (non-hydrogen) atoms. The summed E-state index contributed by atoms with van der Waals surface area (Å²) in [6.07, 6.45) is 0.892. The lowest BCUT2D eigenvalue weighted by Gasteiger charge is -2.11. The minimum atomic E-state index is -0.403. The summed E-state index contributed by atoms with van der Waals surface area (Å²) in [5.41, 5.74) is 1.68. The van der Waals surface area contributed by atoms with Crippen LogP contribution in [0.1, 0.15) is 29.3 Å². The van der Waals surface area contributed by atoms with E-state index in [4.69, 9.17) is 14.2 Å². The Morgan fingerprint density at radius 1 is 1.04 bits per heavy atom. The molecule has 2 aromatic carbocycles. The predicted molar refractivity (Wildman–Crippen MR) is 98.9 cm³/mol. The van der Waals surface area contributed by atoms with E-state index >= 15 is 0 Å². The molecule has 0 aliphatic rings. The molecule has 0 fully saturated rings. The molecule has 2 rings (SSSR count). The number of anilines is 1. The lowest BCUT2D eigenvalue weighted by Crippen LogP contribution is -2.15. The van der Waals surface area contributed by atoms with Gasteiger partial charge in [-0.3, -0.25) is 4.79 Å². The topological polar surface area (TPSA) is 73.9 Å². The number of amides is 1. The largest absolute Gasteiger partial charge is 0.497 e. The van der Waals surface area contributed by atoms with Crippen molar-refractivity contribution in [1.29, 1.82) is 0 Å². The van der Waals surface area contributed by atoms with E-state index < -0.39 is 5.97 Å². The first-order valence-corrected chi connectivity index (χ1v) is 8.35. The van der Waals surface area contributed by atoms with Gasteiger partial charge in [-0.1, -0.05) is 19.1 Å². The van der Waals surface area contributed by atoms with E-state index in [-0.39, 0.29) is 12.3 Å². The summed E-state index contributed by atoms with van der Waals surface area (Å²) in [5, 5.41) is 2.79. The minimum Gasteiger partial charge on any atom is -0.497 e. The van der Waals surface area contributed by atoms with Crippen molar-refractivity contribution in [1.82, 2.24) is 0 Å². The van der Waals surface area contributed by atoms with Crippen LogP contribution < -0.4 is 14.8 Å². The number of nitrogens with one attached hydrogen (secondary N) is 1. The van der Waals surface area contributed by atoms with Gasteiger partial charge in [-0.05, 0) is 30.7 Å². The quantitative estimate of drug-likeness (QED) is 0.733. The van der Waals surface area contributed by atoms with Gasteiger partial charge in [0.25, 0.3) is 0 Å². The van der Waals surface area contributed by atoms with Gasteiger partial charge in [0.2, 0.25) is 5.91 Å². The van der Waals surface area contributed by atoms with Crippen molar-refractivity contribution < 1.29 is 23.8 Å². The highest BCUT2D eigenvalue weighted by Gasteiger charge is 2.12. The normalized spacial score (nSPS) is 10.1. The average Bonchev–Trinajstić information content (AvgIpc) is 2.66. The molecule has 0 bridgehead atoms. The number of rotatable bonds is 8. The van der Waals surface area contributed by atoms with Gasteiger partial charge in [0.15, 0.2) is 0 Å². The average molecular weight is 357 g/mol. The zero-order chi connectivity index (χ0) is 18.9. The van der Waals surface area contributed by atoms with Crippen molar-refractivity contribution in [2.45, 2.75) is 19.8 Å². The van der Waals surface area contributed by atoms with Gasteiger partial charge < -0.3 is 19.5 Å². The first kappa shape index (κ1) is 19.3. The van der Waals surface area contributed by atoms with E-state index in [2.05, 4.69) is 5.32 Å². The highest BCUT2D eigenvalue weighted by atomic mass is 16.5. The molecule has 0 saturated carbocycles. The molecule has 6 nitrogen and oxygen atoms in total. The molecule has 0 heterocycles. The molecule has 0 unspecified atom stereocenters. The molecule has 0 spiro atoms. The van der Waals surface area contributed by atoms with Gasteiger partial charge in [-0.25, -0.2) is 4.79 Å². The van der Waals surface area contributed by atoms with Gasteiger partial charge in [0.1, 0.15) is 11.5 Å². The summed E-state index contributed by atoms with van der Waals surface area (Å²) in [7, 11) is 3.11. The SMILES string of the molecule is CCCOC(=O)c1cccc(NC(=O)Cc2ccc(OC)cc2OC)c1. The third-order valence-corrected chi connectivity index (χ3v) is 3.66. The molecule has 1 N–H and O–H groups in total. The molecule has 0 aromatic heterocycles. The second-order valence-electron chi connectivity index (χ2n) is 5.62. The first-order valence-electron chi connectivity index (χ1n) is 8.35. The third-order valence-electron chi connectivity index (χ3n) is 3.66. The summed E-state index contributed by atoms with van der Waals surface area (Å²) >= 11 is 0. The predicted octanol–water partition coefficient (Wildman–Crippen LogP) is 3.45. The van der Waals surface area contributed by atoms with Crippen molar-refractivity contribution in [3.05, 3.63) is 53.6 Å². The number of benzene rings is 2. The maximum Gasteiger partial charge on any atom is 0.338 e. The van der Waals surface area contributed by atoms with E-state index in [0.29, 0.717) is 29.4 Å². The lowest BCUT2D eigenvalue weighted by atomic mass is 10.1. The number of methoxy groups -OCH3 is 2. The molecule has 0 atom stereocenters. The zero-order valence-electron chi connectivity index (χ0n) is 15.2. The fourth-order valence-electron chi connectivity index (χ4n) is 2.38. The Labute approximate surface area is 153 Å². The second kappa shape index (κ2) is 9.46. The standard InChI is InChI=1S/C20H23NO5/c1-4-10-26-20(23)15-6-5-7-16(11-15)21-19(22)12-14-8-9-17(24-2)13-18(14)25-3/h5-9,11,13H,4,10,12H2,1-3H3,(H,21,22). The van der Waals surface area contributed by atoms with Crippen molar-refractivity contribution in [3.8, 4) is 11.5 Å². The summed E-state index contributed by atoms with van der Waals surface area (Å²) < 4.78 is 15.6. The van der Waals surface area contributed by atoms with Crippen molar-refractivity contribution in [2.24, 2.45) is 0 Å². The molecule has 2 aromatic rings. The van der Waals surface area contributed by atoms with Crippen LogP contribution in [0.3, 0.4) is 0 Å². The Morgan fingerprint density at radius 2 is 1.85 bits per heavy atom. The summed E-state index contributed by atoms with van der Waals surface area (Å²) in [6.45, 7) is 2.30. The summed E-state index contributed by atoms with van der Waals surface area (Å²) in [5.74, 6) is 0.619. The van der Waals surface area contributed by atoms with Crippen molar-refractivity contribution >= 4 is 17.6 Å². The number of hydrogen-bond acceptors (Lipinski definition) is 5.